The van der Waals surface area contributed by atoms with Crippen molar-refractivity contribution in [2.75, 3.05) is 19.8 Å². The second kappa shape index (κ2) is 5.19. The predicted octanol–water partition coefficient (Wildman–Crippen LogP) is 2.41. The molecule has 2 saturated heterocycles. The fourth-order valence-corrected chi connectivity index (χ4v) is 3.23. The molecule has 104 valence electrons. The van der Waals surface area contributed by atoms with Crippen LogP contribution in [0.5, 0.6) is 0 Å². The smallest absolute Gasteiger partial charge is 0.127 e. The van der Waals surface area contributed by atoms with Crippen LogP contribution in [0.2, 0.25) is 0 Å². The van der Waals surface area contributed by atoms with Gasteiger partial charge < -0.3 is 15.2 Å². The van der Waals surface area contributed by atoms with Crippen LogP contribution in [0.3, 0.4) is 0 Å². The van der Waals surface area contributed by atoms with Crippen LogP contribution in [0, 0.1) is 11.7 Å². The zero-order valence-corrected chi connectivity index (χ0v) is 11.0. The monoisotopic (exact) mass is 265 g/mol. The zero-order chi connectivity index (χ0) is 13.3. The van der Waals surface area contributed by atoms with Gasteiger partial charge in [-0.25, -0.2) is 4.39 Å². The molecular formula is C15H20FNO2. The Labute approximate surface area is 112 Å². The average Bonchev–Trinajstić information content (AvgIpc) is 2.86. The molecule has 0 bridgehead atoms. The topological polar surface area (TPSA) is 44.5 Å². The van der Waals surface area contributed by atoms with Crippen LogP contribution in [-0.4, -0.2) is 25.4 Å². The maximum Gasteiger partial charge on any atom is 0.127 e. The maximum atomic E-state index is 13.8. The van der Waals surface area contributed by atoms with Crippen molar-refractivity contribution in [1.29, 1.82) is 0 Å². The van der Waals surface area contributed by atoms with Gasteiger partial charge in [0, 0.05) is 31.2 Å². The minimum absolute atomic E-state index is 0.175. The Kier molecular flexibility index (Phi) is 3.56. The summed E-state index contributed by atoms with van der Waals surface area (Å²) >= 11 is 0. The molecule has 0 amide bonds. The molecule has 1 aromatic carbocycles. The average molecular weight is 265 g/mol. The normalized spacial score (nSPS) is 32.6. The molecule has 3 rings (SSSR count). The van der Waals surface area contributed by atoms with Crippen molar-refractivity contribution >= 4 is 0 Å². The van der Waals surface area contributed by atoms with E-state index in [2.05, 4.69) is 0 Å². The molecule has 19 heavy (non-hydrogen) atoms. The molecular weight excluding hydrogens is 245 g/mol. The quantitative estimate of drug-likeness (QED) is 0.893. The summed E-state index contributed by atoms with van der Waals surface area (Å²) in [5, 5.41) is 0. The van der Waals surface area contributed by atoms with Gasteiger partial charge in [-0.2, -0.15) is 0 Å². The van der Waals surface area contributed by atoms with E-state index >= 15 is 0 Å². The van der Waals surface area contributed by atoms with Crippen LogP contribution in [0.25, 0.3) is 0 Å². The van der Waals surface area contributed by atoms with Crippen LogP contribution >= 0.6 is 0 Å². The van der Waals surface area contributed by atoms with Crippen molar-refractivity contribution in [3.8, 4) is 0 Å². The SMILES string of the molecule is NC(c1ccccc1F)C1CCOC2(CCOC2)C1. The molecule has 0 saturated carbocycles. The second-order valence-electron chi connectivity index (χ2n) is 5.63. The van der Waals surface area contributed by atoms with Crippen molar-refractivity contribution in [2.45, 2.75) is 30.9 Å². The van der Waals surface area contributed by atoms with Gasteiger partial charge in [0.15, 0.2) is 0 Å². The maximum absolute atomic E-state index is 13.8. The van der Waals surface area contributed by atoms with Gasteiger partial charge in [-0.1, -0.05) is 18.2 Å². The molecule has 1 aromatic rings. The van der Waals surface area contributed by atoms with E-state index in [-0.39, 0.29) is 23.4 Å². The van der Waals surface area contributed by atoms with Crippen LogP contribution in [0.1, 0.15) is 30.9 Å². The van der Waals surface area contributed by atoms with Crippen molar-refractivity contribution in [3.05, 3.63) is 35.6 Å². The molecule has 2 fully saturated rings. The van der Waals surface area contributed by atoms with E-state index in [1.807, 2.05) is 6.07 Å². The minimum Gasteiger partial charge on any atom is -0.378 e. The second-order valence-corrected chi connectivity index (χ2v) is 5.63. The van der Waals surface area contributed by atoms with Gasteiger partial charge in [0.05, 0.1) is 12.2 Å². The molecule has 0 aliphatic carbocycles. The Morgan fingerprint density at radius 3 is 2.89 bits per heavy atom. The van der Waals surface area contributed by atoms with Crippen LogP contribution in [0.15, 0.2) is 24.3 Å². The summed E-state index contributed by atoms with van der Waals surface area (Å²) in [5.41, 5.74) is 6.72. The Morgan fingerprint density at radius 1 is 1.32 bits per heavy atom. The largest absolute Gasteiger partial charge is 0.378 e. The van der Waals surface area contributed by atoms with Crippen LogP contribution in [-0.2, 0) is 9.47 Å². The molecule has 2 aliphatic rings. The number of benzene rings is 1. The lowest BCUT2D eigenvalue weighted by atomic mass is 9.79. The summed E-state index contributed by atoms with van der Waals surface area (Å²) in [6.07, 6.45) is 2.67. The first-order chi connectivity index (χ1) is 9.20. The third kappa shape index (κ3) is 2.53. The Morgan fingerprint density at radius 2 is 2.16 bits per heavy atom. The molecule has 3 nitrogen and oxygen atoms in total. The van der Waals surface area contributed by atoms with Gasteiger partial charge in [0.2, 0.25) is 0 Å². The molecule has 1 spiro atoms. The highest BCUT2D eigenvalue weighted by molar-refractivity contribution is 5.22. The molecule has 0 aromatic heterocycles. The van der Waals surface area contributed by atoms with E-state index in [0.717, 1.165) is 25.9 Å². The summed E-state index contributed by atoms with van der Waals surface area (Å²) in [7, 11) is 0. The van der Waals surface area contributed by atoms with E-state index in [1.165, 1.54) is 6.07 Å². The van der Waals surface area contributed by atoms with Crippen molar-refractivity contribution in [3.63, 3.8) is 0 Å². The van der Waals surface area contributed by atoms with Gasteiger partial charge in [-0.05, 0) is 24.8 Å². The van der Waals surface area contributed by atoms with E-state index in [9.17, 15) is 4.39 Å². The van der Waals surface area contributed by atoms with Crippen molar-refractivity contribution in [2.24, 2.45) is 11.7 Å². The fourth-order valence-electron chi connectivity index (χ4n) is 3.23. The number of ether oxygens (including phenoxy) is 2. The summed E-state index contributed by atoms with van der Waals surface area (Å²) in [6.45, 7) is 2.09. The third-order valence-electron chi connectivity index (χ3n) is 4.37. The number of halogens is 1. The summed E-state index contributed by atoms with van der Waals surface area (Å²) in [6, 6.07) is 6.53. The highest BCUT2D eigenvalue weighted by atomic mass is 19.1. The van der Waals surface area contributed by atoms with Gasteiger partial charge >= 0.3 is 0 Å². The first kappa shape index (κ1) is 13.0. The molecule has 0 radical (unpaired) electrons. The standard InChI is InChI=1S/C15H20FNO2/c16-13-4-2-1-3-12(13)14(17)11-5-7-19-15(9-11)6-8-18-10-15/h1-4,11,14H,5-10,17H2. The number of nitrogens with two attached hydrogens (primary N) is 1. The lowest BCUT2D eigenvalue weighted by Crippen LogP contribution is -2.43. The molecule has 2 N–H and O–H groups in total. The summed E-state index contributed by atoms with van der Waals surface area (Å²) < 4.78 is 25.2. The van der Waals surface area contributed by atoms with E-state index in [1.54, 1.807) is 12.1 Å². The van der Waals surface area contributed by atoms with Gasteiger partial charge in [-0.15, -0.1) is 0 Å². The Hall–Kier alpha value is -0.970. The molecule has 2 heterocycles. The fraction of sp³-hybridized carbons (Fsp3) is 0.600. The van der Waals surface area contributed by atoms with E-state index in [0.29, 0.717) is 18.8 Å². The van der Waals surface area contributed by atoms with Crippen LogP contribution in [0.4, 0.5) is 4.39 Å². The molecule has 3 unspecified atom stereocenters. The van der Waals surface area contributed by atoms with Gasteiger partial charge in [0.1, 0.15) is 5.82 Å². The van der Waals surface area contributed by atoms with Crippen molar-refractivity contribution < 1.29 is 13.9 Å². The van der Waals surface area contributed by atoms with E-state index in [4.69, 9.17) is 15.2 Å². The lowest BCUT2D eigenvalue weighted by Gasteiger charge is -2.39. The number of hydrogen-bond acceptors (Lipinski definition) is 3. The summed E-state index contributed by atoms with van der Waals surface area (Å²) in [4.78, 5) is 0. The predicted molar refractivity (Wildman–Crippen MR) is 70.2 cm³/mol. The zero-order valence-electron chi connectivity index (χ0n) is 11.0. The Balaban J connectivity index is 1.76. The van der Waals surface area contributed by atoms with Crippen LogP contribution < -0.4 is 5.73 Å². The first-order valence-electron chi connectivity index (χ1n) is 6.92. The third-order valence-corrected chi connectivity index (χ3v) is 4.37. The number of rotatable bonds is 2. The first-order valence-corrected chi connectivity index (χ1v) is 6.92. The number of hydrogen-bond donors (Lipinski definition) is 1. The molecule has 3 atom stereocenters. The molecule has 2 aliphatic heterocycles. The summed E-state index contributed by atoms with van der Waals surface area (Å²) in [5.74, 6) is 0.0468. The Bertz CT molecular complexity index is 446. The van der Waals surface area contributed by atoms with E-state index < -0.39 is 0 Å². The highest BCUT2D eigenvalue weighted by Gasteiger charge is 2.42. The van der Waals surface area contributed by atoms with Gasteiger partial charge in [0.25, 0.3) is 0 Å². The minimum atomic E-state index is -0.262. The highest BCUT2D eigenvalue weighted by Crippen LogP contribution is 2.40. The lowest BCUT2D eigenvalue weighted by molar-refractivity contribution is -0.101. The molecule has 4 heteroatoms. The van der Waals surface area contributed by atoms with Crippen molar-refractivity contribution in [1.82, 2.24) is 0 Å². The van der Waals surface area contributed by atoms with Gasteiger partial charge in [-0.3, -0.25) is 0 Å².